The van der Waals surface area contributed by atoms with Gasteiger partial charge < -0.3 is 14.6 Å². The number of hydrogen-bond donors (Lipinski definition) is 3. The van der Waals surface area contributed by atoms with Gasteiger partial charge in [-0.25, -0.2) is 14.8 Å². The van der Waals surface area contributed by atoms with E-state index in [9.17, 15) is 9.18 Å². The van der Waals surface area contributed by atoms with Crippen LogP contribution in [0, 0.1) is 5.82 Å². The zero-order valence-corrected chi connectivity index (χ0v) is 20.4. The van der Waals surface area contributed by atoms with Gasteiger partial charge in [0, 0.05) is 31.6 Å². The van der Waals surface area contributed by atoms with E-state index in [0.29, 0.717) is 35.8 Å². The normalized spacial score (nSPS) is 18.5. The molecule has 8 heteroatoms. The quantitative estimate of drug-likeness (QED) is 0.195. The lowest BCUT2D eigenvalue weighted by Gasteiger charge is -2.29. The molecule has 0 aromatic heterocycles. The number of carbonyl (C=O) groups is 1. The van der Waals surface area contributed by atoms with E-state index in [4.69, 9.17) is 19.6 Å². The lowest BCUT2D eigenvalue weighted by Crippen LogP contribution is -2.52. The van der Waals surface area contributed by atoms with Crippen molar-refractivity contribution in [3.05, 3.63) is 114 Å². The number of nitrogens with one attached hydrogen (secondary N) is 2. The number of nitrogens with zero attached hydrogens (tertiary/aromatic N) is 1. The molecule has 3 aromatic carbocycles. The number of aliphatic imine (C=N–C) groups is 1. The number of hydrazine groups is 1. The molecule has 37 heavy (non-hydrogen) atoms. The van der Waals surface area contributed by atoms with E-state index < -0.39 is 17.6 Å². The Morgan fingerprint density at radius 1 is 1.14 bits per heavy atom. The SMILES string of the molecule is C=CC[C@]1(C(=O)NNCc2cccc(F)c2)N=C(c2ccc(OCCCO)cc2)O[C@H]1c1ccccc1. The van der Waals surface area contributed by atoms with Crippen molar-refractivity contribution in [2.24, 2.45) is 4.99 Å². The lowest BCUT2D eigenvalue weighted by molar-refractivity contribution is -0.129. The van der Waals surface area contributed by atoms with E-state index in [-0.39, 0.29) is 25.4 Å². The molecule has 0 saturated carbocycles. The fourth-order valence-corrected chi connectivity index (χ4v) is 4.14. The van der Waals surface area contributed by atoms with Gasteiger partial charge in [-0.1, -0.05) is 48.5 Å². The van der Waals surface area contributed by atoms with Crippen molar-refractivity contribution in [3.63, 3.8) is 0 Å². The van der Waals surface area contributed by atoms with Gasteiger partial charge in [-0.15, -0.1) is 6.58 Å². The lowest BCUT2D eigenvalue weighted by atomic mass is 9.84. The molecular formula is C29H30FN3O4. The van der Waals surface area contributed by atoms with Crippen LogP contribution in [0.15, 0.2) is 96.5 Å². The Hall–Kier alpha value is -4.01. The Labute approximate surface area is 215 Å². The molecule has 0 spiro atoms. The average Bonchev–Trinajstić information content (AvgIpc) is 3.30. The van der Waals surface area contributed by atoms with Gasteiger partial charge in [0.15, 0.2) is 11.6 Å². The van der Waals surface area contributed by atoms with E-state index in [1.54, 1.807) is 30.3 Å². The molecule has 3 N–H and O–H groups in total. The molecule has 0 radical (unpaired) electrons. The van der Waals surface area contributed by atoms with Crippen LogP contribution < -0.4 is 15.6 Å². The van der Waals surface area contributed by atoms with E-state index in [1.165, 1.54) is 12.1 Å². The average molecular weight is 504 g/mol. The molecule has 0 fully saturated rings. The van der Waals surface area contributed by atoms with Crippen LogP contribution in [0.1, 0.15) is 35.6 Å². The maximum absolute atomic E-state index is 13.7. The summed E-state index contributed by atoms with van der Waals surface area (Å²) in [6, 6.07) is 22.8. The van der Waals surface area contributed by atoms with Gasteiger partial charge in [0.2, 0.25) is 5.90 Å². The minimum absolute atomic E-state index is 0.0636. The monoisotopic (exact) mass is 503 g/mol. The number of aliphatic hydroxyl groups excluding tert-OH is 1. The topological polar surface area (TPSA) is 92.2 Å². The first-order valence-electron chi connectivity index (χ1n) is 12.1. The van der Waals surface area contributed by atoms with Gasteiger partial charge in [0.1, 0.15) is 11.6 Å². The van der Waals surface area contributed by atoms with Gasteiger partial charge in [-0.3, -0.25) is 10.2 Å². The molecule has 192 valence electrons. The molecule has 4 rings (SSSR count). The Morgan fingerprint density at radius 3 is 2.62 bits per heavy atom. The molecule has 0 aliphatic carbocycles. The van der Waals surface area contributed by atoms with Crippen LogP contribution in [-0.2, 0) is 16.1 Å². The van der Waals surface area contributed by atoms with E-state index in [0.717, 1.165) is 5.56 Å². The fraction of sp³-hybridized carbons (Fsp3) is 0.241. The van der Waals surface area contributed by atoms with Crippen molar-refractivity contribution in [3.8, 4) is 5.75 Å². The summed E-state index contributed by atoms with van der Waals surface area (Å²) >= 11 is 0. The minimum Gasteiger partial charge on any atom is -0.494 e. The molecule has 2 atom stereocenters. The Balaban J connectivity index is 1.59. The number of amides is 1. The molecule has 1 aliphatic heterocycles. The van der Waals surface area contributed by atoms with Gasteiger partial charge in [-0.05, 0) is 47.5 Å². The van der Waals surface area contributed by atoms with Crippen LogP contribution in [0.25, 0.3) is 0 Å². The first-order valence-corrected chi connectivity index (χ1v) is 12.1. The van der Waals surface area contributed by atoms with Crippen LogP contribution >= 0.6 is 0 Å². The third-order valence-corrected chi connectivity index (χ3v) is 5.97. The van der Waals surface area contributed by atoms with E-state index >= 15 is 0 Å². The van der Waals surface area contributed by atoms with Gasteiger partial charge >= 0.3 is 0 Å². The van der Waals surface area contributed by atoms with Crippen molar-refractivity contribution in [2.75, 3.05) is 13.2 Å². The third-order valence-electron chi connectivity index (χ3n) is 5.97. The Morgan fingerprint density at radius 2 is 1.92 bits per heavy atom. The van der Waals surface area contributed by atoms with Crippen LogP contribution in [0.4, 0.5) is 4.39 Å². The predicted octanol–water partition coefficient (Wildman–Crippen LogP) is 4.24. The third kappa shape index (κ3) is 6.22. The standard InChI is InChI=1S/C29H30FN3O4/c1-2-16-29(28(35)33-31-20-21-8-6-11-24(30)19-21)26(22-9-4-3-5-10-22)37-27(32-29)23-12-14-25(15-13-23)36-18-7-17-34/h2-6,8-15,19,26,31,34H,1,7,16-18,20H2,(H,33,35)/t26-,29-/m0/s1. The first kappa shape index (κ1) is 26.1. The number of rotatable bonds is 12. The Bertz CT molecular complexity index is 1230. The molecule has 1 heterocycles. The largest absolute Gasteiger partial charge is 0.494 e. The summed E-state index contributed by atoms with van der Waals surface area (Å²) in [7, 11) is 0. The molecule has 0 saturated heterocycles. The van der Waals surface area contributed by atoms with Crippen LogP contribution in [0.3, 0.4) is 0 Å². The van der Waals surface area contributed by atoms with Crippen molar-refractivity contribution < 1.29 is 23.8 Å². The molecule has 7 nitrogen and oxygen atoms in total. The summed E-state index contributed by atoms with van der Waals surface area (Å²) in [5, 5.41) is 8.94. The maximum Gasteiger partial charge on any atom is 0.266 e. The van der Waals surface area contributed by atoms with Crippen molar-refractivity contribution in [1.29, 1.82) is 0 Å². The second kappa shape index (κ2) is 12.3. The van der Waals surface area contributed by atoms with E-state index in [1.807, 2.05) is 42.5 Å². The Kier molecular flexibility index (Phi) is 8.66. The zero-order chi connectivity index (χ0) is 26.1. The number of ether oxygens (including phenoxy) is 2. The second-order valence-corrected chi connectivity index (χ2v) is 8.63. The van der Waals surface area contributed by atoms with Gasteiger partial charge in [0.05, 0.1) is 6.61 Å². The summed E-state index contributed by atoms with van der Waals surface area (Å²) < 4.78 is 25.5. The van der Waals surface area contributed by atoms with Crippen molar-refractivity contribution in [2.45, 2.75) is 31.0 Å². The van der Waals surface area contributed by atoms with Gasteiger partial charge in [0.25, 0.3) is 5.91 Å². The molecule has 0 unspecified atom stereocenters. The highest BCUT2D eigenvalue weighted by Gasteiger charge is 2.52. The second-order valence-electron chi connectivity index (χ2n) is 8.63. The van der Waals surface area contributed by atoms with Crippen molar-refractivity contribution in [1.82, 2.24) is 10.9 Å². The smallest absolute Gasteiger partial charge is 0.266 e. The number of hydrogen-bond acceptors (Lipinski definition) is 6. The molecular weight excluding hydrogens is 473 g/mol. The van der Waals surface area contributed by atoms with Crippen molar-refractivity contribution >= 4 is 11.8 Å². The van der Waals surface area contributed by atoms with E-state index in [2.05, 4.69) is 17.4 Å². The summed E-state index contributed by atoms with van der Waals surface area (Å²) in [4.78, 5) is 18.5. The number of halogens is 1. The number of carbonyl (C=O) groups excluding carboxylic acids is 1. The molecule has 1 aliphatic rings. The molecule has 3 aromatic rings. The highest BCUT2D eigenvalue weighted by molar-refractivity contribution is 6.01. The maximum atomic E-state index is 13.7. The summed E-state index contributed by atoms with van der Waals surface area (Å²) in [5.74, 6) is 0.253. The predicted molar refractivity (Wildman–Crippen MR) is 139 cm³/mol. The number of aliphatic hydroxyl groups is 1. The van der Waals surface area contributed by atoms with Crippen LogP contribution in [0.5, 0.6) is 5.75 Å². The van der Waals surface area contributed by atoms with Crippen LogP contribution in [0.2, 0.25) is 0 Å². The minimum atomic E-state index is -1.32. The summed E-state index contributed by atoms with van der Waals surface area (Å²) in [5.41, 5.74) is 6.49. The van der Waals surface area contributed by atoms with Gasteiger partial charge in [-0.2, -0.15) is 0 Å². The highest BCUT2D eigenvalue weighted by Crippen LogP contribution is 2.42. The molecule has 1 amide bonds. The summed E-state index contributed by atoms with van der Waals surface area (Å²) in [6.07, 6.45) is 1.73. The summed E-state index contributed by atoms with van der Waals surface area (Å²) in [6.45, 7) is 4.57. The first-order chi connectivity index (χ1) is 18.1. The zero-order valence-electron chi connectivity index (χ0n) is 20.4. The number of benzene rings is 3. The molecule has 0 bridgehead atoms. The fourth-order valence-electron chi connectivity index (χ4n) is 4.14. The van der Waals surface area contributed by atoms with Crippen LogP contribution in [-0.4, -0.2) is 35.7 Å². The highest BCUT2D eigenvalue weighted by atomic mass is 19.1.